The van der Waals surface area contributed by atoms with Gasteiger partial charge in [-0.25, -0.2) is 0 Å². The van der Waals surface area contributed by atoms with Crippen molar-refractivity contribution in [3.63, 3.8) is 0 Å². The van der Waals surface area contributed by atoms with Gasteiger partial charge in [0.15, 0.2) is 11.9 Å². The summed E-state index contributed by atoms with van der Waals surface area (Å²) in [5.74, 6) is 0. The molecule has 0 unspecified atom stereocenters. The predicted molar refractivity (Wildman–Crippen MR) is 36.5 cm³/mol. The van der Waals surface area contributed by atoms with Crippen LogP contribution in [0.5, 0.6) is 0 Å². The monoisotopic (exact) mass is 155 g/mol. The van der Waals surface area contributed by atoms with E-state index in [2.05, 4.69) is 0 Å². The Morgan fingerprint density at radius 1 is 1.64 bits per heavy atom. The van der Waals surface area contributed by atoms with Gasteiger partial charge in [0.25, 0.3) is 0 Å². The van der Waals surface area contributed by atoms with Gasteiger partial charge in [0.2, 0.25) is 6.20 Å². The fraction of sp³-hybridized carbons (Fsp3) is 0. The molecule has 0 amide bonds. The second-order valence-electron chi connectivity index (χ2n) is 1.90. The highest BCUT2D eigenvalue weighted by Crippen LogP contribution is 2.16. The van der Waals surface area contributed by atoms with Crippen LogP contribution >= 0.6 is 0 Å². The lowest BCUT2D eigenvalue weighted by Gasteiger charge is -1.96. The van der Waals surface area contributed by atoms with Crippen molar-refractivity contribution in [2.45, 2.75) is 0 Å². The van der Waals surface area contributed by atoms with Crippen LogP contribution in [0, 0.1) is 15.3 Å². The molecule has 0 saturated carbocycles. The van der Waals surface area contributed by atoms with E-state index in [1.54, 1.807) is 0 Å². The molecule has 0 fully saturated rings. The predicted octanol–water partition coefficient (Wildman–Crippen LogP) is -0.190. The largest absolute Gasteiger partial charge is 0.619 e. The lowest BCUT2D eigenvalue weighted by molar-refractivity contribution is -0.605. The summed E-state index contributed by atoms with van der Waals surface area (Å²) in [6, 6.07) is 1.06. The third-order valence-electron chi connectivity index (χ3n) is 1.14. The van der Waals surface area contributed by atoms with E-state index in [9.17, 15) is 15.3 Å². The van der Waals surface area contributed by atoms with Crippen LogP contribution in [0.15, 0.2) is 18.5 Å². The first-order valence-corrected chi connectivity index (χ1v) is 2.74. The summed E-state index contributed by atoms with van der Waals surface area (Å²) in [7, 11) is 0. The van der Waals surface area contributed by atoms with Gasteiger partial charge in [-0.1, -0.05) is 0 Å². The van der Waals surface area contributed by atoms with Crippen LogP contribution in [-0.4, -0.2) is 4.92 Å². The first-order chi connectivity index (χ1) is 5.11. The van der Waals surface area contributed by atoms with Gasteiger partial charge < -0.3 is 10.9 Å². The standard InChI is InChI=1S/C5H5N3O3/c6-4-3-7(9)2-1-5(4)8(10)11/h1-3H,6H2. The fourth-order valence-electron chi connectivity index (χ4n) is 0.653. The fourth-order valence-corrected chi connectivity index (χ4v) is 0.653. The molecule has 58 valence electrons. The van der Waals surface area contributed by atoms with Crippen molar-refractivity contribution in [1.82, 2.24) is 0 Å². The van der Waals surface area contributed by atoms with Crippen molar-refractivity contribution in [3.8, 4) is 0 Å². The Hall–Kier alpha value is -1.85. The summed E-state index contributed by atoms with van der Waals surface area (Å²) in [5.41, 5.74) is 4.78. The second kappa shape index (κ2) is 2.41. The Morgan fingerprint density at radius 3 is 2.73 bits per heavy atom. The molecule has 1 heterocycles. The number of hydrogen-bond acceptors (Lipinski definition) is 4. The average Bonchev–Trinajstić information content (AvgIpc) is 1.85. The highest BCUT2D eigenvalue weighted by molar-refractivity contribution is 5.53. The van der Waals surface area contributed by atoms with Gasteiger partial charge in [0, 0.05) is 0 Å². The van der Waals surface area contributed by atoms with Crippen molar-refractivity contribution in [2.75, 3.05) is 5.73 Å². The Bertz CT molecular complexity index is 299. The summed E-state index contributed by atoms with van der Waals surface area (Å²) in [5, 5.41) is 20.6. The molecular formula is C5H5N3O3. The zero-order chi connectivity index (χ0) is 8.43. The van der Waals surface area contributed by atoms with Gasteiger partial charge in [-0.3, -0.25) is 10.1 Å². The molecule has 0 aromatic carbocycles. The van der Waals surface area contributed by atoms with Crippen molar-refractivity contribution >= 4 is 11.4 Å². The Morgan fingerprint density at radius 2 is 2.27 bits per heavy atom. The van der Waals surface area contributed by atoms with E-state index in [4.69, 9.17) is 5.73 Å². The molecule has 0 atom stereocenters. The number of nitrogens with two attached hydrogens (primary N) is 1. The minimum absolute atomic E-state index is 0.132. The molecule has 1 rings (SSSR count). The Labute approximate surface area is 61.6 Å². The van der Waals surface area contributed by atoms with E-state index in [1.165, 1.54) is 0 Å². The normalized spacial score (nSPS) is 9.45. The molecular weight excluding hydrogens is 150 g/mol. The van der Waals surface area contributed by atoms with Crippen LogP contribution in [0.4, 0.5) is 11.4 Å². The topological polar surface area (TPSA) is 96.1 Å². The number of pyridine rings is 1. The van der Waals surface area contributed by atoms with E-state index in [0.717, 1.165) is 18.5 Å². The van der Waals surface area contributed by atoms with Gasteiger partial charge in [-0.15, -0.1) is 0 Å². The summed E-state index contributed by atoms with van der Waals surface area (Å²) < 4.78 is 0.405. The van der Waals surface area contributed by atoms with Crippen molar-refractivity contribution in [3.05, 3.63) is 33.8 Å². The van der Waals surface area contributed by atoms with Crippen molar-refractivity contribution in [2.24, 2.45) is 0 Å². The molecule has 6 heteroatoms. The smallest absolute Gasteiger partial charge is 0.304 e. The van der Waals surface area contributed by atoms with Crippen LogP contribution in [0.1, 0.15) is 0 Å². The number of aromatic nitrogens is 1. The first-order valence-electron chi connectivity index (χ1n) is 2.74. The zero-order valence-electron chi connectivity index (χ0n) is 5.43. The van der Waals surface area contributed by atoms with E-state index >= 15 is 0 Å². The number of nitrogens with zero attached hydrogens (tertiary/aromatic N) is 2. The van der Waals surface area contributed by atoms with Gasteiger partial charge >= 0.3 is 5.69 Å². The zero-order valence-corrected chi connectivity index (χ0v) is 5.43. The van der Waals surface area contributed by atoms with Gasteiger partial charge in [-0.2, -0.15) is 4.73 Å². The number of nitro groups is 1. The van der Waals surface area contributed by atoms with Crippen molar-refractivity contribution in [1.29, 1.82) is 0 Å². The lowest BCUT2D eigenvalue weighted by atomic mass is 10.4. The maximum Gasteiger partial charge on any atom is 0.304 e. The molecule has 0 aliphatic heterocycles. The van der Waals surface area contributed by atoms with E-state index < -0.39 is 4.92 Å². The summed E-state index contributed by atoms with van der Waals surface area (Å²) in [6.07, 6.45) is 1.96. The van der Waals surface area contributed by atoms with E-state index in [0.29, 0.717) is 4.73 Å². The van der Waals surface area contributed by atoms with Crippen LogP contribution in [0.3, 0.4) is 0 Å². The lowest BCUT2D eigenvalue weighted by Crippen LogP contribution is -2.25. The molecule has 6 nitrogen and oxygen atoms in total. The number of nitrogen functional groups attached to an aromatic ring is 1. The van der Waals surface area contributed by atoms with Crippen molar-refractivity contribution < 1.29 is 9.65 Å². The second-order valence-corrected chi connectivity index (χ2v) is 1.90. The minimum Gasteiger partial charge on any atom is -0.619 e. The van der Waals surface area contributed by atoms with Crippen LogP contribution in [0.25, 0.3) is 0 Å². The SMILES string of the molecule is Nc1c[n+]([O-])ccc1[N+](=O)[O-]. The maximum absolute atomic E-state index is 10.5. The summed E-state index contributed by atoms with van der Waals surface area (Å²) >= 11 is 0. The third-order valence-corrected chi connectivity index (χ3v) is 1.14. The third kappa shape index (κ3) is 1.34. The molecule has 0 aliphatic carbocycles. The van der Waals surface area contributed by atoms with E-state index in [1.807, 2.05) is 0 Å². The first kappa shape index (κ1) is 7.26. The number of anilines is 1. The summed E-state index contributed by atoms with van der Waals surface area (Å²) in [4.78, 5) is 9.50. The summed E-state index contributed by atoms with van der Waals surface area (Å²) in [6.45, 7) is 0. The van der Waals surface area contributed by atoms with Crippen LogP contribution in [-0.2, 0) is 0 Å². The van der Waals surface area contributed by atoms with Crippen LogP contribution in [0.2, 0.25) is 0 Å². The average molecular weight is 155 g/mol. The molecule has 0 spiro atoms. The molecule has 0 aliphatic rings. The Balaban J connectivity index is 3.20. The molecule has 0 radical (unpaired) electrons. The maximum atomic E-state index is 10.5. The quantitative estimate of drug-likeness (QED) is 0.263. The minimum atomic E-state index is -0.644. The Kier molecular flexibility index (Phi) is 1.59. The number of rotatable bonds is 1. The van der Waals surface area contributed by atoms with Crippen LogP contribution < -0.4 is 10.5 Å². The van der Waals surface area contributed by atoms with Gasteiger partial charge in [-0.05, 0) is 0 Å². The molecule has 0 bridgehead atoms. The molecule has 2 N–H and O–H groups in total. The molecule has 1 aromatic rings. The van der Waals surface area contributed by atoms with Gasteiger partial charge in [0.1, 0.15) is 0 Å². The van der Waals surface area contributed by atoms with E-state index in [-0.39, 0.29) is 11.4 Å². The number of hydrogen-bond donors (Lipinski definition) is 1. The molecule has 0 saturated heterocycles. The molecule has 11 heavy (non-hydrogen) atoms. The highest BCUT2D eigenvalue weighted by Gasteiger charge is 2.12. The van der Waals surface area contributed by atoms with Gasteiger partial charge in [0.05, 0.1) is 11.0 Å². The molecule has 1 aromatic heterocycles. The highest BCUT2D eigenvalue weighted by atomic mass is 16.6.